The lowest BCUT2D eigenvalue weighted by Gasteiger charge is -2.13. The van der Waals surface area contributed by atoms with Gasteiger partial charge < -0.3 is 19.5 Å². The quantitative estimate of drug-likeness (QED) is 0.621. The van der Waals surface area contributed by atoms with E-state index in [1.54, 1.807) is 25.6 Å². The highest BCUT2D eigenvalue weighted by Gasteiger charge is 2.10. The molecule has 0 aliphatic heterocycles. The second kappa shape index (κ2) is 8.28. The zero-order chi connectivity index (χ0) is 16.6. The molecule has 2 aromatic heterocycles. The molecule has 0 amide bonds. The standard InChI is InChI=1S/C17H17N3O3S/c1-21-8-9-22-15-11-14(23-13-5-3-2-4-6-13)12-19-16(15)20-17-18-7-10-24-17/h2-7,10-12H,8-9H2,1H3,(H,18,19,20). The van der Waals surface area contributed by atoms with Crippen molar-refractivity contribution >= 4 is 22.3 Å². The van der Waals surface area contributed by atoms with Gasteiger partial charge in [-0.15, -0.1) is 11.3 Å². The fraction of sp³-hybridized carbons (Fsp3) is 0.176. The number of methoxy groups -OCH3 is 1. The third kappa shape index (κ3) is 4.43. The lowest BCUT2D eigenvalue weighted by molar-refractivity contribution is 0.146. The maximum absolute atomic E-state index is 5.80. The van der Waals surface area contributed by atoms with Gasteiger partial charge in [0.1, 0.15) is 18.1 Å². The second-order valence-corrected chi connectivity index (χ2v) is 5.63. The average Bonchev–Trinajstić information content (AvgIpc) is 3.11. The van der Waals surface area contributed by atoms with Crippen molar-refractivity contribution in [2.24, 2.45) is 0 Å². The number of hydrogen-bond donors (Lipinski definition) is 1. The minimum absolute atomic E-state index is 0.416. The maximum Gasteiger partial charge on any atom is 0.188 e. The third-order valence-corrected chi connectivity index (χ3v) is 3.70. The molecule has 7 heteroatoms. The summed E-state index contributed by atoms with van der Waals surface area (Å²) in [5.41, 5.74) is 0. The summed E-state index contributed by atoms with van der Waals surface area (Å²) >= 11 is 1.49. The van der Waals surface area contributed by atoms with Gasteiger partial charge in [-0.3, -0.25) is 0 Å². The number of para-hydroxylation sites is 1. The van der Waals surface area contributed by atoms with Crippen molar-refractivity contribution in [3.63, 3.8) is 0 Å². The van der Waals surface area contributed by atoms with Crippen LogP contribution in [0, 0.1) is 0 Å². The van der Waals surface area contributed by atoms with Crippen LogP contribution in [0.15, 0.2) is 54.2 Å². The van der Waals surface area contributed by atoms with Crippen LogP contribution in [-0.2, 0) is 4.74 Å². The number of pyridine rings is 1. The Morgan fingerprint density at radius 2 is 1.96 bits per heavy atom. The van der Waals surface area contributed by atoms with E-state index >= 15 is 0 Å². The highest BCUT2D eigenvalue weighted by Crippen LogP contribution is 2.31. The molecule has 1 N–H and O–H groups in total. The molecule has 3 aromatic rings. The van der Waals surface area contributed by atoms with Crippen LogP contribution in [0.1, 0.15) is 0 Å². The van der Waals surface area contributed by atoms with Crippen molar-refractivity contribution in [3.8, 4) is 17.2 Å². The van der Waals surface area contributed by atoms with E-state index in [1.807, 2.05) is 35.7 Å². The fourth-order valence-electron chi connectivity index (χ4n) is 1.93. The van der Waals surface area contributed by atoms with Crippen LogP contribution in [0.5, 0.6) is 17.2 Å². The third-order valence-electron chi connectivity index (χ3n) is 3.01. The number of anilines is 2. The van der Waals surface area contributed by atoms with E-state index in [0.717, 1.165) is 10.9 Å². The van der Waals surface area contributed by atoms with Crippen LogP contribution in [-0.4, -0.2) is 30.3 Å². The Labute approximate surface area is 144 Å². The largest absolute Gasteiger partial charge is 0.487 e. The van der Waals surface area contributed by atoms with Crippen LogP contribution >= 0.6 is 11.3 Å². The van der Waals surface area contributed by atoms with E-state index in [0.29, 0.717) is 30.5 Å². The van der Waals surface area contributed by atoms with E-state index in [9.17, 15) is 0 Å². The van der Waals surface area contributed by atoms with E-state index in [4.69, 9.17) is 14.2 Å². The van der Waals surface area contributed by atoms with Crippen LogP contribution in [0.25, 0.3) is 0 Å². The van der Waals surface area contributed by atoms with E-state index in [-0.39, 0.29) is 0 Å². The van der Waals surface area contributed by atoms with E-state index < -0.39 is 0 Å². The van der Waals surface area contributed by atoms with E-state index in [1.165, 1.54) is 11.3 Å². The average molecular weight is 343 g/mol. The predicted molar refractivity (Wildman–Crippen MR) is 93.5 cm³/mol. The summed E-state index contributed by atoms with van der Waals surface area (Å²) in [6.45, 7) is 0.903. The fourth-order valence-corrected chi connectivity index (χ4v) is 2.46. The van der Waals surface area contributed by atoms with Crippen molar-refractivity contribution in [1.82, 2.24) is 9.97 Å². The van der Waals surface area contributed by atoms with Gasteiger partial charge in [0, 0.05) is 24.8 Å². The summed E-state index contributed by atoms with van der Waals surface area (Å²) < 4.78 is 16.6. The van der Waals surface area contributed by atoms with Crippen molar-refractivity contribution < 1.29 is 14.2 Å². The molecule has 0 fully saturated rings. The van der Waals surface area contributed by atoms with Gasteiger partial charge in [0.2, 0.25) is 0 Å². The Morgan fingerprint density at radius 3 is 2.71 bits per heavy atom. The first kappa shape index (κ1) is 16.2. The van der Waals surface area contributed by atoms with E-state index in [2.05, 4.69) is 15.3 Å². The SMILES string of the molecule is COCCOc1cc(Oc2ccccc2)cnc1Nc1nccs1. The van der Waals surface area contributed by atoms with Gasteiger partial charge in [-0.1, -0.05) is 18.2 Å². The topological polar surface area (TPSA) is 65.5 Å². The number of thiazole rings is 1. The number of benzene rings is 1. The number of hydrogen-bond acceptors (Lipinski definition) is 7. The predicted octanol–water partition coefficient (Wildman–Crippen LogP) is 4.10. The summed E-state index contributed by atoms with van der Waals surface area (Å²) in [7, 11) is 1.63. The van der Waals surface area contributed by atoms with Crippen molar-refractivity contribution in [3.05, 3.63) is 54.2 Å². The zero-order valence-corrected chi connectivity index (χ0v) is 14.0. The molecule has 0 radical (unpaired) electrons. The van der Waals surface area contributed by atoms with Gasteiger partial charge in [-0.2, -0.15) is 0 Å². The monoisotopic (exact) mass is 343 g/mol. The Hall–Kier alpha value is -2.64. The van der Waals surface area contributed by atoms with Crippen LogP contribution < -0.4 is 14.8 Å². The summed E-state index contributed by atoms with van der Waals surface area (Å²) in [4.78, 5) is 8.59. The Bertz CT molecular complexity index is 751. The summed E-state index contributed by atoms with van der Waals surface area (Å²) in [6, 6.07) is 11.3. The highest BCUT2D eigenvalue weighted by molar-refractivity contribution is 7.13. The first-order valence-corrected chi connectivity index (χ1v) is 8.24. The zero-order valence-electron chi connectivity index (χ0n) is 13.1. The summed E-state index contributed by atoms with van der Waals surface area (Å²) in [6.07, 6.45) is 3.37. The summed E-state index contributed by atoms with van der Waals surface area (Å²) in [5.74, 6) is 2.50. The molecule has 6 nitrogen and oxygen atoms in total. The molecule has 0 saturated heterocycles. The maximum atomic E-state index is 5.80. The van der Waals surface area contributed by atoms with Crippen LogP contribution in [0.2, 0.25) is 0 Å². The molecule has 1 aromatic carbocycles. The molecule has 0 spiro atoms. The van der Waals surface area contributed by atoms with Gasteiger partial charge in [0.15, 0.2) is 16.7 Å². The molecule has 0 unspecified atom stereocenters. The molecular weight excluding hydrogens is 326 g/mol. The first-order valence-electron chi connectivity index (χ1n) is 7.36. The second-order valence-electron chi connectivity index (χ2n) is 4.74. The Morgan fingerprint density at radius 1 is 1.08 bits per heavy atom. The lowest BCUT2D eigenvalue weighted by Crippen LogP contribution is -2.07. The van der Waals surface area contributed by atoms with Crippen molar-refractivity contribution in [2.45, 2.75) is 0 Å². The number of nitrogens with zero attached hydrogens (tertiary/aromatic N) is 2. The molecule has 0 bridgehead atoms. The molecule has 0 atom stereocenters. The van der Waals surface area contributed by atoms with Gasteiger partial charge in [-0.25, -0.2) is 9.97 Å². The van der Waals surface area contributed by atoms with Crippen molar-refractivity contribution in [2.75, 3.05) is 25.6 Å². The number of ether oxygens (including phenoxy) is 3. The first-order chi connectivity index (χ1) is 11.8. The van der Waals surface area contributed by atoms with Crippen molar-refractivity contribution in [1.29, 1.82) is 0 Å². The van der Waals surface area contributed by atoms with Gasteiger partial charge >= 0.3 is 0 Å². The number of nitrogens with one attached hydrogen (secondary N) is 1. The molecule has 0 aliphatic carbocycles. The minimum Gasteiger partial charge on any atom is -0.487 e. The molecule has 0 saturated carbocycles. The normalized spacial score (nSPS) is 10.4. The highest BCUT2D eigenvalue weighted by atomic mass is 32.1. The molecule has 2 heterocycles. The molecule has 3 rings (SSSR count). The molecular formula is C17H17N3O3S. The van der Waals surface area contributed by atoms with Gasteiger partial charge in [0.25, 0.3) is 0 Å². The lowest BCUT2D eigenvalue weighted by atomic mass is 10.3. The van der Waals surface area contributed by atoms with Gasteiger partial charge in [-0.05, 0) is 12.1 Å². The Kier molecular flexibility index (Phi) is 5.60. The Balaban J connectivity index is 1.79. The molecule has 0 aliphatic rings. The molecule has 24 heavy (non-hydrogen) atoms. The minimum atomic E-state index is 0.416. The van der Waals surface area contributed by atoms with Crippen LogP contribution in [0.3, 0.4) is 0 Å². The van der Waals surface area contributed by atoms with Gasteiger partial charge in [0.05, 0.1) is 12.8 Å². The summed E-state index contributed by atoms with van der Waals surface area (Å²) in [5, 5.41) is 5.78. The number of rotatable bonds is 8. The number of aromatic nitrogens is 2. The smallest absolute Gasteiger partial charge is 0.188 e. The van der Waals surface area contributed by atoms with Crippen LogP contribution in [0.4, 0.5) is 10.9 Å². The molecule has 124 valence electrons.